The monoisotopic (exact) mass is 286 g/mol. The lowest BCUT2D eigenvalue weighted by Gasteiger charge is -2.05. The molecule has 0 bridgehead atoms. The molecule has 0 amide bonds. The van der Waals surface area contributed by atoms with E-state index in [1.54, 1.807) is 0 Å². The second-order valence-electron chi connectivity index (χ2n) is 3.73. The van der Waals surface area contributed by atoms with E-state index < -0.39 is 11.7 Å². The molecule has 2 aromatic heterocycles. The lowest BCUT2D eigenvalue weighted by molar-refractivity contribution is -0.137. The zero-order valence-corrected chi connectivity index (χ0v) is 10.7. The molecular weight excluding hydrogens is 277 g/mol. The summed E-state index contributed by atoms with van der Waals surface area (Å²) >= 11 is 1.26. The van der Waals surface area contributed by atoms with E-state index in [2.05, 4.69) is 9.97 Å². The van der Waals surface area contributed by atoms with E-state index in [-0.39, 0.29) is 0 Å². The van der Waals surface area contributed by atoms with E-state index in [4.69, 9.17) is 0 Å². The van der Waals surface area contributed by atoms with Gasteiger partial charge in [-0.25, -0.2) is 4.98 Å². The van der Waals surface area contributed by atoms with Gasteiger partial charge in [0.1, 0.15) is 10.7 Å². The van der Waals surface area contributed by atoms with Crippen molar-refractivity contribution in [3.63, 3.8) is 0 Å². The maximum absolute atomic E-state index is 12.4. The summed E-state index contributed by atoms with van der Waals surface area (Å²) in [5.74, 6) is 0. The molecule has 3 nitrogen and oxygen atoms in total. The van der Waals surface area contributed by atoms with E-state index in [0.717, 1.165) is 17.1 Å². The molecule has 0 radical (unpaired) electrons. The van der Waals surface area contributed by atoms with Crippen molar-refractivity contribution >= 4 is 17.6 Å². The Morgan fingerprint density at radius 1 is 1.37 bits per heavy atom. The Morgan fingerprint density at radius 3 is 2.53 bits per heavy atom. The second kappa shape index (κ2) is 5.08. The van der Waals surface area contributed by atoms with Gasteiger partial charge in [-0.05, 0) is 18.6 Å². The Bertz CT molecular complexity index is 590. The molecule has 2 aromatic rings. The fourth-order valence-electron chi connectivity index (χ4n) is 1.51. The molecule has 0 N–H and O–H groups in total. The van der Waals surface area contributed by atoms with Gasteiger partial charge >= 0.3 is 6.18 Å². The van der Waals surface area contributed by atoms with Gasteiger partial charge in [0.05, 0.1) is 11.3 Å². The molecule has 0 spiro atoms. The first kappa shape index (κ1) is 13.7. The Labute approximate surface area is 111 Å². The summed E-state index contributed by atoms with van der Waals surface area (Å²) in [6, 6.07) is 2.21. The number of thiazole rings is 1. The number of aryl methyl sites for hydroxylation is 1. The largest absolute Gasteiger partial charge is 0.417 e. The van der Waals surface area contributed by atoms with Crippen LogP contribution in [0.3, 0.4) is 0 Å². The average Bonchev–Trinajstić information content (AvgIpc) is 2.81. The van der Waals surface area contributed by atoms with Crippen LogP contribution in [0.4, 0.5) is 13.2 Å². The van der Waals surface area contributed by atoms with Crippen molar-refractivity contribution in [2.75, 3.05) is 0 Å². The number of hydrogen-bond acceptors (Lipinski definition) is 4. The normalized spacial score (nSPS) is 11.6. The van der Waals surface area contributed by atoms with Crippen molar-refractivity contribution in [1.82, 2.24) is 9.97 Å². The van der Waals surface area contributed by atoms with E-state index in [1.807, 2.05) is 6.92 Å². The van der Waals surface area contributed by atoms with Crippen LogP contribution < -0.4 is 0 Å². The lowest BCUT2D eigenvalue weighted by Crippen LogP contribution is -2.05. The molecule has 2 heterocycles. The highest BCUT2D eigenvalue weighted by atomic mass is 32.1. The minimum Gasteiger partial charge on any atom is -0.296 e. The first-order valence-electron chi connectivity index (χ1n) is 5.44. The molecule has 0 fully saturated rings. The van der Waals surface area contributed by atoms with Crippen molar-refractivity contribution in [1.29, 1.82) is 0 Å². The summed E-state index contributed by atoms with van der Waals surface area (Å²) in [7, 11) is 0. The van der Waals surface area contributed by atoms with Gasteiger partial charge in [-0.2, -0.15) is 13.2 Å². The lowest BCUT2D eigenvalue weighted by atomic mass is 10.2. The highest BCUT2D eigenvalue weighted by molar-refractivity contribution is 7.15. The van der Waals surface area contributed by atoms with Crippen LogP contribution in [0.2, 0.25) is 0 Å². The zero-order valence-electron chi connectivity index (χ0n) is 9.86. The van der Waals surface area contributed by atoms with Gasteiger partial charge in [-0.15, -0.1) is 11.3 Å². The zero-order chi connectivity index (χ0) is 14.0. The summed E-state index contributed by atoms with van der Waals surface area (Å²) in [6.45, 7) is 1.88. The molecular formula is C12H9F3N2OS. The molecule has 2 rings (SSSR count). The third-order valence-electron chi connectivity index (χ3n) is 2.47. The molecule has 0 aliphatic rings. The van der Waals surface area contributed by atoms with Gasteiger partial charge in [0.15, 0.2) is 6.29 Å². The number of carbonyl (C=O) groups is 1. The van der Waals surface area contributed by atoms with Crippen molar-refractivity contribution in [2.45, 2.75) is 19.5 Å². The molecule has 19 heavy (non-hydrogen) atoms. The van der Waals surface area contributed by atoms with Crippen LogP contribution in [0.25, 0.3) is 10.7 Å². The predicted octanol–water partition coefficient (Wildman–Crippen LogP) is 3.60. The maximum atomic E-state index is 12.4. The summed E-state index contributed by atoms with van der Waals surface area (Å²) in [5.41, 5.74) is -0.149. The van der Waals surface area contributed by atoms with Crippen LogP contribution in [0.15, 0.2) is 18.3 Å². The van der Waals surface area contributed by atoms with Gasteiger partial charge in [0, 0.05) is 11.1 Å². The molecule has 100 valence electrons. The van der Waals surface area contributed by atoms with Crippen LogP contribution >= 0.6 is 11.3 Å². The van der Waals surface area contributed by atoms with E-state index in [0.29, 0.717) is 29.1 Å². The van der Waals surface area contributed by atoms with E-state index in [1.165, 1.54) is 17.4 Å². The molecule has 0 atom stereocenters. The number of pyridine rings is 1. The molecule has 0 unspecified atom stereocenters. The molecule has 0 aromatic carbocycles. The van der Waals surface area contributed by atoms with Gasteiger partial charge < -0.3 is 0 Å². The first-order chi connectivity index (χ1) is 8.95. The number of alkyl halides is 3. The quantitative estimate of drug-likeness (QED) is 0.810. The van der Waals surface area contributed by atoms with Crippen molar-refractivity contribution in [2.24, 2.45) is 0 Å². The Hall–Kier alpha value is -1.76. The molecule has 0 saturated heterocycles. The summed E-state index contributed by atoms with van der Waals surface area (Å²) in [5, 5.41) is 0.452. The molecule has 0 aliphatic heterocycles. The predicted molar refractivity (Wildman–Crippen MR) is 65.1 cm³/mol. The van der Waals surface area contributed by atoms with Crippen molar-refractivity contribution in [3.05, 3.63) is 34.5 Å². The van der Waals surface area contributed by atoms with E-state index >= 15 is 0 Å². The van der Waals surface area contributed by atoms with Crippen molar-refractivity contribution in [3.8, 4) is 10.7 Å². The Morgan fingerprint density at radius 2 is 2.11 bits per heavy atom. The van der Waals surface area contributed by atoms with Gasteiger partial charge in [0.25, 0.3) is 0 Å². The maximum Gasteiger partial charge on any atom is 0.417 e. The van der Waals surface area contributed by atoms with Gasteiger partial charge in [-0.3, -0.25) is 9.78 Å². The number of nitrogens with zero attached hydrogens (tertiary/aromatic N) is 2. The third-order valence-corrected chi connectivity index (χ3v) is 3.71. The first-order valence-corrected chi connectivity index (χ1v) is 6.26. The fraction of sp³-hybridized carbons (Fsp3) is 0.250. The summed E-state index contributed by atoms with van der Waals surface area (Å²) in [6.07, 6.45) is -2.35. The number of aldehydes is 1. The van der Waals surface area contributed by atoms with Crippen LogP contribution in [-0.2, 0) is 12.6 Å². The number of halogens is 3. The van der Waals surface area contributed by atoms with Crippen LogP contribution in [0.1, 0.15) is 27.9 Å². The minimum absolute atomic E-state index is 0.323. The summed E-state index contributed by atoms with van der Waals surface area (Å²) < 4.78 is 37.2. The fourth-order valence-corrected chi connectivity index (χ4v) is 2.45. The van der Waals surface area contributed by atoms with Crippen LogP contribution in [0.5, 0.6) is 0 Å². The van der Waals surface area contributed by atoms with Crippen LogP contribution in [-0.4, -0.2) is 16.3 Å². The molecule has 7 heteroatoms. The van der Waals surface area contributed by atoms with Gasteiger partial charge in [-0.1, -0.05) is 6.92 Å². The second-order valence-corrected chi connectivity index (χ2v) is 4.81. The smallest absolute Gasteiger partial charge is 0.296 e. The Kier molecular flexibility index (Phi) is 3.66. The van der Waals surface area contributed by atoms with Crippen LogP contribution in [0, 0.1) is 0 Å². The van der Waals surface area contributed by atoms with E-state index in [9.17, 15) is 18.0 Å². The highest BCUT2D eigenvalue weighted by Crippen LogP contribution is 2.31. The Balaban J connectivity index is 2.37. The topological polar surface area (TPSA) is 42.9 Å². The number of carbonyl (C=O) groups excluding carboxylic acids is 1. The van der Waals surface area contributed by atoms with Gasteiger partial charge in [0.2, 0.25) is 0 Å². The summed E-state index contributed by atoms with van der Waals surface area (Å²) in [4.78, 5) is 19.4. The average molecular weight is 286 g/mol. The minimum atomic E-state index is -4.41. The number of hydrogen-bond donors (Lipinski definition) is 0. The standard InChI is InChI=1S/C12H9F3N2OS/c1-2-10-9(6-18)17-11(19-10)8-4-3-7(5-16-8)12(13,14)15/h3-6H,2H2,1H3. The molecule has 0 aliphatic carbocycles. The number of rotatable bonds is 3. The van der Waals surface area contributed by atoms with Crippen molar-refractivity contribution < 1.29 is 18.0 Å². The number of aromatic nitrogens is 2. The third kappa shape index (κ3) is 2.81. The SMILES string of the molecule is CCc1sc(-c2ccc(C(F)(F)F)cn2)nc1C=O. The molecule has 0 saturated carbocycles. The highest BCUT2D eigenvalue weighted by Gasteiger charge is 2.30.